The highest BCUT2D eigenvalue weighted by atomic mass is 79.9. The Balaban J connectivity index is 1.71. The molecule has 5 nitrogen and oxygen atoms in total. The van der Waals surface area contributed by atoms with E-state index in [4.69, 9.17) is 0 Å². The quantitative estimate of drug-likeness (QED) is 0.675. The molecule has 3 rings (SSSR count). The first-order chi connectivity index (χ1) is 9.85. The number of aryl methyl sites for hydroxylation is 1. The lowest BCUT2D eigenvalue weighted by Crippen LogP contribution is -2.01. The molecule has 102 valence electrons. The van der Waals surface area contributed by atoms with Crippen molar-refractivity contribution < 1.29 is 0 Å². The number of hydrogen-bond acceptors (Lipinski definition) is 3. The van der Waals surface area contributed by atoms with E-state index < -0.39 is 0 Å². The summed E-state index contributed by atoms with van der Waals surface area (Å²) in [5.74, 6) is 0. The van der Waals surface area contributed by atoms with Crippen LogP contribution in [-0.2, 0) is 13.0 Å². The highest BCUT2D eigenvalue weighted by Gasteiger charge is 2.02. The summed E-state index contributed by atoms with van der Waals surface area (Å²) in [5, 5.41) is 13.4. The van der Waals surface area contributed by atoms with Crippen LogP contribution in [0.5, 0.6) is 0 Å². The molecule has 0 atom stereocenters. The van der Waals surface area contributed by atoms with Crippen molar-refractivity contribution in [3.8, 4) is 5.69 Å². The molecule has 0 aliphatic heterocycles. The van der Waals surface area contributed by atoms with Gasteiger partial charge in [-0.2, -0.15) is 5.10 Å². The molecule has 0 spiro atoms. The van der Waals surface area contributed by atoms with Crippen LogP contribution in [0, 0.1) is 0 Å². The van der Waals surface area contributed by atoms with Crippen LogP contribution in [0.4, 0.5) is 0 Å². The third-order valence-corrected chi connectivity index (χ3v) is 3.38. The molecule has 0 saturated heterocycles. The van der Waals surface area contributed by atoms with Crippen LogP contribution in [0.25, 0.3) is 5.69 Å². The van der Waals surface area contributed by atoms with Gasteiger partial charge < -0.3 is 0 Å². The Morgan fingerprint density at radius 2 is 2.00 bits per heavy atom. The molecule has 0 N–H and O–H groups in total. The highest BCUT2D eigenvalue weighted by molar-refractivity contribution is 9.09. The van der Waals surface area contributed by atoms with Crippen molar-refractivity contribution in [3.63, 3.8) is 0 Å². The van der Waals surface area contributed by atoms with Crippen LogP contribution in [0.3, 0.4) is 0 Å². The van der Waals surface area contributed by atoms with Crippen molar-refractivity contribution in [1.29, 1.82) is 0 Å². The topological polar surface area (TPSA) is 48.5 Å². The minimum Gasteiger partial charge on any atom is -0.248 e. The van der Waals surface area contributed by atoms with Crippen LogP contribution in [0.1, 0.15) is 11.3 Å². The fourth-order valence-corrected chi connectivity index (χ4v) is 2.40. The summed E-state index contributed by atoms with van der Waals surface area (Å²) in [6.45, 7) is 0.731. The van der Waals surface area contributed by atoms with Crippen molar-refractivity contribution in [3.05, 3.63) is 60.2 Å². The smallest absolute Gasteiger partial charge is 0.0835 e. The monoisotopic (exact) mass is 331 g/mol. The summed E-state index contributed by atoms with van der Waals surface area (Å²) in [6.07, 6.45) is 6.59. The van der Waals surface area contributed by atoms with E-state index in [-0.39, 0.29) is 0 Å². The fraction of sp³-hybridized carbons (Fsp3) is 0.214. The Bertz CT molecular complexity index is 657. The number of aromatic nitrogens is 5. The predicted octanol–water partition coefficient (Wildman–Crippen LogP) is 2.45. The Kier molecular flexibility index (Phi) is 3.92. The molecule has 0 radical (unpaired) electrons. The Labute approximate surface area is 125 Å². The van der Waals surface area contributed by atoms with Gasteiger partial charge in [-0.3, -0.25) is 0 Å². The van der Waals surface area contributed by atoms with Gasteiger partial charge in [0.1, 0.15) is 0 Å². The maximum absolute atomic E-state index is 4.21. The first-order valence-corrected chi connectivity index (χ1v) is 7.51. The van der Waals surface area contributed by atoms with Crippen LogP contribution in [-0.4, -0.2) is 30.1 Å². The summed E-state index contributed by atoms with van der Waals surface area (Å²) >= 11 is 3.40. The van der Waals surface area contributed by atoms with E-state index in [1.54, 1.807) is 6.20 Å². The van der Waals surface area contributed by atoms with Crippen LogP contribution in [0.2, 0.25) is 0 Å². The minimum absolute atomic E-state index is 0.731. The van der Waals surface area contributed by atoms with E-state index in [1.165, 1.54) is 5.56 Å². The average molecular weight is 332 g/mol. The lowest BCUT2D eigenvalue weighted by molar-refractivity contribution is 0.649. The zero-order valence-electron chi connectivity index (χ0n) is 10.9. The molecule has 1 aromatic carbocycles. The van der Waals surface area contributed by atoms with Gasteiger partial charge in [0.15, 0.2) is 0 Å². The molecule has 0 amide bonds. The summed E-state index contributed by atoms with van der Waals surface area (Å²) in [4.78, 5) is 0. The third kappa shape index (κ3) is 2.96. The van der Waals surface area contributed by atoms with E-state index >= 15 is 0 Å². The highest BCUT2D eigenvalue weighted by Crippen LogP contribution is 2.10. The maximum Gasteiger partial charge on any atom is 0.0835 e. The second-order valence-corrected chi connectivity index (χ2v) is 5.26. The average Bonchev–Trinajstić information content (AvgIpc) is 3.12. The van der Waals surface area contributed by atoms with Crippen molar-refractivity contribution >= 4 is 15.9 Å². The van der Waals surface area contributed by atoms with Crippen molar-refractivity contribution in [1.82, 2.24) is 24.8 Å². The normalized spacial score (nSPS) is 10.8. The zero-order chi connectivity index (χ0) is 13.8. The molecule has 0 saturated carbocycles. The van der Waals surface area contributed by atoms with Crippen LogP contribution >= 0.6 is 15.9 Å². The van der Waals surface area contributed by atoms with Crippen molar-refractivity contribution in [2.24, 2.45) is 0 Å². The maximum atomic E-state index is 4.21. The number of rotatable bonds is 5. The molecule has 2 aromatic heterocycles. The SMILES string of the molecule is BrCCc1cn(Cc2ccc(-n3cccn3)cc2)nn1. The number of benzene rings is 1. The second-order valence-electron chi connectivity index (χ2n) is 4.46. The molecule has 6 heteroatoms. The molecule has 3 aromatic rings. The lowest BCUT2D eigenvalue weighted by atomic mass is 10.2. The fourth-order valence-electron chi connectivity index (χ4n) is 1.99. The summed E-state index contributed by atoms with van der Waals surface area (Å²) in [6, 6.07) is 10.2. The third-order valence-electron chi connectivity index (χ3n) is 2.99. The first-order valence-electron chi connectivity index (χ1n) is 6.39. The summed E-state index contributed by atoms with van der Waals surface area (Å²) in [7, 11) is 0. The van der Waals surface area contributed by atoms with Crippen molar-refractivity contribution in [2.75, 3.05) is 5.33 Å². The largest absolute Gasteiger partial charge is 0.248 e. The molecule has 0 aliphatic carbocycles. The molecule has 0 bridgehead atoms. The Morgan fingerprint density at radius 1 is 1.15 bits per heavy atom. The van der Waals surface area contributed by atoms with E-state index in [0.29, 0.717) is 0 Å². The molecule has 20 heavy (non-hydrogen) atoms. The van der Waals surface area contributed by atoms with E-state index in [9.17, 15) is 0 Å². The van der Waals surface area contributed by atoms with Gasteiger partial charge in [0.2, 0.25) is 0 Å². The molecular formula is C14H14BrN5. The molecule has 0 fully saturated rings. The standard InChI is InChI=1S/C14H14BrN5/c15-7-6-13-11-19(18-17-13)10-12-2-4-14(5-3-12)20-9-1-8-16-20/h1-5,8-9,11H,6-7,10H2. The van der Waals surface area contributed by atoms with E-state index in [1.807, 2.05) is 27.8 Å². The van der Waals surface area contributed by atoms with Gasteiger partial charge in [-0.1, -0.05) is 33.3 Å². The van der Waals surface area contributed by atoms with E-state index in [2.05, 4.69) is 55.6 Å². The predicted molar refractivity (Wildman–Crippen MR) is 80.2 cm³/mol. The van der Waals surface area contributed by atoms with Gasteiger partial charge in [0, 0.05) is 30.3 Å². The van der Waals surface area contributed by atoms with Crippen LogP contribution < -0.4 is 0 Å². The molecule has 0 unspecified atom stereocenters. The van der Waals surface area contributed by atoms with E-state index in [0.717, 1.165) is 29.7 Å². The Morgan fingerprint density at radius 3 is 2.70 bits per heavy atom. The first kappa shape index (κ1) is 13.1. The van der Waals surface area contributed by atoms with Gasteiger partial charge >= 0.3 is 0 Å². The molecular weight excluding hydrogens is 318 g/mol. The minimum atomic E-state index is 0.731. The zero-order valence-corrected chi connectivity index (χ0v) is 12.4. The van der Waals surface area contributed by atoms with Crippen LogP contribution in [0.15, 0.2) is 48.9 Å². The molecule has 0 aliphatic rings. The second kappa shape index (κ2) is 6.00. The lowest BCUT2D eigenvalue weighted by Gasteiger charge is -2.04. The van der Waals surface area contributed by atoms with Gasteiger partial charge in [0.05, 0.1) is 17.9 Å². The molecule has 2 heterocycles. The number of halogens is 1. The van der Waals surface area contributed by atoms with Crippen molar-refractivity contribution in [2.45, 2.75) is 13.0 Å². The summed E-state index contributed by atoms with van der Waals surface area (Å²) in [5.41, 5.74) is 3.25. The summed E-state index contributed by atoms with van der Waals surface area (Å²) < 4.78 is 3.70. The van der Waals surface area contributed by atoms with Gasteiger partial charge in [-0.15, -0.1) is 5.10 Å². The van der Waals surface area contributed by atoms with Gasteiger partial charge in [-0.25, -0.2) is 9.36 Å². The number of nitrogens with zero attached hydrogens (tertiary/aromatic N) is 5. The van der Waals surface area contributed by atoms with Gasteiger partial charge in [-0.05, 0) is 23.8 Å². The Hall–Kier alpha value is -1.95. The number of alkyl halides is 1. The van der Waals surface area contributed by atoms with Gasteiger partial charge in [0.25, 0.3) is 0 Å². The number of hydrogen-bond donors (Lipinski definition) is 0.